The molecule has 0 aromatic heterocycles. The van der Waals surface area contributed by atoms with E-state index in [-0.39, 0.29) is 23.7 Å². The van der Waals surface area contributed by atoms with Crippen molar-refractivity contribution in [2.45, 2.75) is 69.4 Å². The maximum atomic E-state index is 6.90. The van der Waals surface area contributed by atoms with Gasteiger partial charge in [-0.15, -0.1) is 0 Å². The maximum Gasteiger partial charge on any atom is 0.0851 e. The van der Waals surface area contributed by atoms with Gasteiger partial charge in [0.05, 0.1) is 50.8 Å². The van der Waals surface area contributed by atoms with Gasteiger partial charge in [-0.05, 0) is 66.1 Å². The van der Waals surface area contributed by atoms with E-state index in [9.17, 15) is 0 Å². The summed E-state index contributed by atoms with van der Waals surface area (Å²) in [7, 11) is 0. The Bertz CT molecular complexity index is 1050. The third-order valence-electron chi connectivity index (χ3n) is 7.83. The molecule has 4 aliphatic heterocycles. The molecule has 4 fully saturated rings. The van der Waals surface area contributed by atoms with Gasteiger partial charge in [-0.3, -0.25) is 0 Å². The lowest BCUT2D eigenvalue weighted by Gasteiger charge is -2.38. The van der Waals surface area contributed by atoms with Crippen molar-refractivity contribution in [2.24, 2.45) is 0 Å². The van der Waals surface area contributed by atoms with Crippen molar-refractivity contribution >= 4 is 11.4 Å². The van der Waals surface area contributed by atoms with E-state index < -0.39 is 0 Å². The van der Waals surface area contributed by atoms with Crippen LogP contribution in [0.25, 0.3) is 0 Å². The molecule has 0 spiro atoms. The first-order valence-electron chi connectivity index (χ1n) is 12.2. The fraction of sp³-hybridized carbons (Fsp3) is 0.556. The van der Waals surface area contributed by atoms with Gasteiger partial charge in [0.2, 0.25) is 0 Å². The summed E-state index contributed by atoms with van der Waals surface area (Å²) in [4.78, 5) is 0. The van der Waals surface area contributed by atoms with E-state index in [1.165, 1.54) is 27.8 Å². The van der Waals surface area contributed by atoms with Crippen molar-refractivity contribution in [2.75, 3.05) is 37.9 Å². The van der Waals surface area contributed by atoms with Crippen molar-refractivity contribution in [1.29, 1.82) is 0 Å². The van der Waals surface area contributed by atoms with Gasteiger partial charge in [0.25, 0.3) is 0 Å². The Labute approximate surface area is 195 Å². The summed E-state index contributed by atoms with van der Waals surface area (Å²) in [5.41, 5.74) is 22.0. The lowest BCUT2D eigenvalue weighted by molar-refractivity contribution is 0.298. The zero-order valence-corrected chi connectivity index (χ0v) is 19.6. The minimum Gasteiger partial charge on any atom is -0.399 e. The van der Waals surface area contributed by atoms with Crippen molar-refractivity contribution < 1.29 is 18.9 Å². The summed E-state index contributed by atoms with van der Waals surface area (Å²) < 4.78 is 22.9. The van der Waals surface area contributed by atoms with E-state index in [1.807, 2.05) is 6.07 Å². The molecule has 4 saturated heterocycles. The predicted molar refractivity (Wildman–Crippen MR) is 128 cm³/mol. The van der Waals surface area contributed by atoms with Crippen LogP contribution in [0.15, 0.2) is 24.3 Å². The van der Waals surface area contributed by atoms with Crippen LogP contribution in [0.2, 0.25) is 0 Å². The zero-order chi connectivity index (χ0) is 22.7. The molecule has 4 N–H and O–H groups in total. The largest absolute Gasteiger partial charge is 0.399 e. The van der Waals surface area contributed by atoms with Crippen LogP contribution in [0.3, 0.4) is 0 Å². The van der Waals surface area contributed by atoms with E-state index in [0.717, 1.165) is 69.0 Å². The molecule has 176 valence electrons. The van der Waals surface area contributed by atoms with E-state index in [0.29, 0.717) is 6.10 Å². The Kier molecular flexibility index (Phi) is 5.18. The molecular weight excluding hydrogens is 416 g/mol. The molecular formula is C27H34N2O4. The van der Waals surface area contributed by atoms with E-state index in [4.69, 9.17) is 30.4 Å². The number of anilines is 2. The molecule has 6 heteroatoms. The Morgan fingerprint density at radius 2 is 1.39 bits per heavy atom. The van der Waals surface area contributed by atoms with Gasteiger partial charge in [0.1, 0.15) is 0 Å². The second kappa shape index (κ2) is 7.98. The third-order valence-corrected chi connectivity index (χ3v) is 7.83. The maximum absolute atomic E-state index is 6.90. The molecule has 6 nitrogen and oxygen atoms in total. The Morgan fingerprint density at radius 3 is 1.94 bits per heavy atom. The van der Waals surface area contributed by atoms with Gasteiger partial charge < -0.3 is 30.4 Å². The zero-order valence-electron chi connectivity index (χ0n) is 19.6. The Morgan fingerprint density at radius 1 is 0.818 bits per heavy atom. The van der Waals surface area contributed by atoms with Gasteiger partial charge >= 0.3 is 0 Å². The fourth-order valence-corrected chi connectivity index (χ4v) is 5.43. The highest BCUT2D eigenvalue weighted by Gasteiger charge is 2.47. The summed E-state index contributed by atoms with van der Waals surface area (Å²) in [6.07, 6.45) is 4.64. The topological polar surface area (TPSA) is 102 Å². The molecule has 2 aromatic rings. The van der Waals surface area contributed by atoms with Gasteiger partial charge in [-0.25, -0.2) is 0 Å². The molecule has 0 amide bonds. The van der Waals surface area contributed by atoms with Gasteiger partial charge in [0, 0.05) is 29.6 Å². The van der Waals surface area contributed by atoms with Crippen molar-refractivity contribution in [1.82, 2.24) is 0 Å². The molecule has 33 heavy (non-hydrogen) atoms. The highest BCUT2D eigenvalue weighted by atomic mass is 16.6. The SMILES string of the molecule is Cc1cc(C(CC2CO2)(CC2CO2)c2cc(CC3CO3)c(C)c(N)c2CC2CO2)ccc1N. The highest BCUT2D eigenvalue weighted by molar-refractivity contribution is 5.64. The van der Waals surface area contributed by atoms with Crippen molar-refractivity contribution in [3.05, 3.63) is 57.6 Å². The quantitative estimate of drug-likeness (QED) is 0.426. The number of nitrogens with two attached hydrogens (primary N) is 2. The number of epoxide rings is 4. The number of nitrogen functional groups attached to an aromatic ring is 2. The minimum absolute atomic E-state index is 0.253. The fourth-order valence-electron chi connectivity index (χ4n) is 5.43. The Hall–Kier alpha value is -2.12. The molecule has 0 radical (unpaired) electrons. The van der Waals surface area contributed by atoms with Crippen LogP contribution in [0.4, 0.5) is 11.4 Å². The first-order chi connectivity index (χ1) is 15.9. The Balaban J connectivity index is 1.56. The number of aryl methyl sites for hydroxylation is 1. The first kappa shape index (κ1) is 21.4. The summed E-state index contributed by atoms with van der Waals surface area (Å²) >= 11 is 0. The van der Waals surface area contributed by atoms with Crippen LogP contribution in [-0.2, 0) is 37.2 Å². The average Bonchev–Trinajstić information content (AvgIpc) is 3.61. The standard InChI is InChI=1S/C27H34N2O4/c1-15-5-18(3-4-25(15)28)27(9-21-13-32-21,10-22-14-33-22)24-7-17(6-19-11-30-19)16(2)26(29)23(24)8-20-12-31-20/h3-5,7,19-22H,6,8-14,28-29H2,1-2H3. The molecule has 0 saturated carbocycles. The van der Waals surface area contributed by atoms with Gasteiger partial charge in [0.15, 0.2) is 0 Å². The second-order valence-electron chi connectivity index (χ2n) is 10.4. The predicted octanol–water partition coefficient (Wildman–Crippen LogP) is 3.21. The number of ether oxygens (including phenoxy) is 4. The first-order valence-corrected chi connectivity index (χ1v) is 12.2. The normalized spacial score (nSPS) is 28.9. The summed E-state index contributed by atoms with van der Waals surface area (Å²) in [6, 6.07) is 8.92. The van der Waals surface area contributed by atoms with Crippen LogP contribution in [0.5, 0.6) is 0 Å². The van der Waals surface area contributed by atoms with E-state index in [2.05, 4.69) is 32.0 Å². The number of hydrogen-bond donors (Lipinski definition) is 2. The lowest BCUT2D eigenvalue weighted by Crippen LogP contribution is -2.34. The minimum atomic E-state index is -0.258. The lowest BCUT2D eigenvalue weighted by atomic mass is 9.65. The van der Waals surface area contributed by atoms with Crippen molar-refractivity contribution in [3.63, 3.8) is 0 Å². The number of rotatable bonds is 10. The highest BCUT2D eigenvalue weighted by Crippen LogP contribution is 2.49. The van der Waals surface area contributed by atoms with Crippen LogP contribution < -0.4 is 11.5 Å². The molecule has 2 aromatic carbocycles. The smallest absolute Gasteiger partial charge is 0.0851 e. The van der Waals surface area contributed by atoms with Crippen LogP contribution in [0, 0.1) is 13.8 Å². The molecule has 0 bridgehead atoms. The molecule has 4 aliphatic rings. The molecule has 6 rings (SSSR count). The number of hydrogen-bond acceptors (Lipinski definition) is 6. The van der Waals surface area contributed by atoms with Gasteiger partial charge in [-0.2, -0.15) is 0 Å². The molecule has 0 aliphatic carbocycles. The third kappa shape index (κ3) is 4.37. The average molecular weight is 451 g/mol. The molecule has 4 unspecified atom stereocenters. The summed E-state index contributed by atoms with van der Waals surface area (Å²) in [5, 5.41) is 0. The van der Waals surface area contributed by atoms with Crippen LogP contribution in [-0.4, -0.2) is 50.8 Å². The number of benzene rings is 2. The summed E-state index contributed by atoms with van der Waals surface area (Å²) in [6.45, 7) is 7.50. The van der Waals surface area contributed by atoms with Crippen molar-refractivity contribution in [3.8, 4) is 0 Å². The monoisotopic (exact) mass is 450 g/mol. The molecule has 4 heterocycles. The summed E-state index contributed by atoms with van der Waals surface area (Å²) in [5.74, 6) is 0. The van der Waals surface area contributed by atoms with Crippen LogP contribution in [0.1, 0.15) is 46.2 Å². The second-order valence-corrected chi connectivity index (χ2v) is 10.4. The van der Waals surface area contributed by atoms with Crippen LogP contribution >= 0.6 is 0 Å². The molecule has 4 atom stereocenters. The van der Waals surface area contributed by atoms with Gasteiger partial charge in [-0.1, -0.05) is 18.2 Å². The van der Waals surface area contributed by atoms with E-state index in [1.54, 1.807) is 0 Å². The van der Waals surface area contributed by atoms with E-state index >= 15 is 0 Å².